The van der Waals surface area contributed by atoms with Crippen LogP contribution < -0.4 is 0 Å². The summed E-state index contributed by atoms with van der Waals surface area (Å²) >= 11 is 0. The Labute approximate surface area is 127 Å². The van der Waals surface area contributed by atoms with Gasteiger partial charge in [-0.05, 0) is 41.5 Å². The number of rotatable bonds is 5. The van der Waals surface area contributed by atoms with Crippen LogP contribution >= 0.6 is 7.67 Å². The van der Waals surface area contributed by atoms with E-state index in [-0.39, 0.29) is 5.91 Å². The van der Waals surface area contributed by atoms with E-state index in [1.54, 1.807) is 42.4 Å². The van der Waals surface area contributed by atoms with Gasteiger partial charge in [0.05, 0.1) is 0 Å². The third-order valence-corrected chi connectivity index (χ3v) is 5.97. The van der Waals surface area contributed by atoms with Gasteiger partial charge >= 0.3 is 7.67 Å². The van der Waals surface area contributed by atoms with Crippen molar-refractivity contribution < 1.29 is 13.9 Å². The second-order valence-electron chi connectivity index (χ2n) is 5.39. The van der Waals surface area contributed by atoms with E-state index in [2.05, 4.69) is 4.99 Å². The monoisotopic (exact) mass is 318 g/mol. The summed E-state index contributed by atoms with van der Waals surface area (Å²) in [6, 6.07) is -0.444. The minimum absolute atomic E-state index is 0.0168. The molecule has 0 aromatic rings. The van der Waals surface area contributed by atoms with Gasteiger partial charge in [-0.25, -0.2) is 18.9 Å². The molecule has 0 aromatic carbocycles. The van der Waals surface area contributed by atoms with Crippen molar-refractivity contribution in [1.82, 2.24) is 14.2 Å². The molecule has 0 saturated carbocycles. The Kier molecular flexibility index (Phi) is 6.38. The summed E-state index contributed by atoms with van der Waals surface area (Å²) in [6.45, 7) is 5.06. The van der Waals surface area contributed by atoms with Crippen LogP contribution in [0.5, 0.6) is 0 Å². The Balaban J connectivity index is 3.02. The third kappa shape index (κ3) is 4.05. The van der Waals surface area contributed by atoms with Crippen molar-refractivity contribution >= 4 is 19.5 Å². The highest BCUT2D eigenvalue weighted by molar-refractivity contribution is 7.54. The van der Waals surface area contributed by atoms with Gasteiger partial charge in [-0.1, -0.05) is 6.92 Å². The summed E-state index contributed by atoms with van der Waals surface area (Å²) < 4.78 is 21.7. The van der Waals surface area contributed by atoms with E-state index in [9.17, 15) is 9.36 Å². The number of likely N-dealkylation sites (N-methyl/N-ethyl adjacent to an activating group) is 1. The molecule has 0 radical (unpaired) electrons. The van der Waals surface area contributed by atoms with Crippen molar-refractivity contribution in [3.63, 3.8) is 0 Å². The highest BCUT2D eigenvalue weighted by Gasteiger charge is 2.34. The van der Waals surface area contributed by atoms with Gasteiger partial charge in [0.25, 0.3) is 0 Å². The van der Waals surface area contributed by atoms with Crippen LogP contribution in [0.3, 0.4) is 0 Å². The molecule has 1 amide bonds. The first-order valence-corrected chi connectivity index (χ1v) is 8.80. The van der Waals surface area contributed by atoms with Gasteiger partial charge in [0.1, 0.15) is 6.04 Å². The highest BCUT2D eigenvalue weighted by atomic mass is 31.2. The zero-order valence-corrected chi connectivity index (χ0v) is 14.8. The lowest BCUT2D eigenvalue weighted by Gasteiger charge is -2.30. The number of hydrogen-bond acceptors (Lipinski definition) is 4. The van der Waals surface area contributed by atoms with Gasteiger partial charge in [0.2, 0.25) is 5.91 Å². The lowest BCUT2D eigenvalue weighted by molar-refractivity contribution is -0.132. The average molecular weight is 318 g/mol. The molecule has 0 aliphatic carbocycles. The fraction of sp³-hybridized carbons (Fsp3) is 0.846. The quantitative estimate of drug-likeness (QED) is 0.721. The molecule has 21 heavy (non-hydrogen) atoms. The third-order valence-electron chi connectivity index (χ3n) is 3.50. The minimum Gasteiger partial charge on any atom is -0.408 e. The van der Waals surface area contributed by atoms with Crippen LogP contribution in [0.4, 0.5) is 0 Å². The van der Waals surface area contributed by atoms with Crippen molar-refractivity contribution in [1.29, 1.82) is 0 Å². The van der Waals surface area contributed by atoms with Crippen LogP contribution in [0.1, 0.15) is 26.7 Å². The molecule has 122 valence electrons. The van der Waals surface area contributed by atoms with Crippen molar-refractivity contribution in [2.45, 2.75) is 32.7 Å². The van der Waals surface area contributed by atoms with Gasteiger partial charge in [0.15, 0.2) is 5.90 Å². The first-order chi connectivity index (χ1) is 9.76. The Morgan fingerprint density at radius 3 is 2.29 bits per heavy atom. The molecule has 0 N–H and O–H groups in total. The number of amides is 1. The summed E-state index contributed by atoms with van der Waals surface area (Å²) in [5.74, 6) is 0.417. The molecular weight excluding hydrogens is 291 g/mol. The zero-order chi connectivity index (χ0) is 16.2. The second-order valence-corrected chi connectivity index (χ2v) is 8.15. The van der Waals surface area contributed by atoms with E-state index in [1.165, 1.54) is 0 Å². The molecule has 1 rings (SSSR count). The predicted molar refractivity (Wildman–Crippen MR) is 84.5 cm³/mol. The van der Waals surface area contributed by atoms with Crippen molar-refractivity contribution in [3.05, 3.63) is 0 Å². The maximum absolute atomic E-state index is 12.9. The Morgan fingerprint density at radius 2 is 1.86 bits per heavy atom. The van der Waals surface area contributed by atoms with Crippen LogP contribution in [0.25, 0.3) is 0 Å². The molecule has 8 heteroatoms. The minimum atomic E-state index is -3.13. The van der Waals surface area contributed by atoms with Gasteiger partial charge in [-0.15, -0.1) is 0 Å². The van der Waals surface area contributed by atoms with Gasteiger partial charge in [0, 0.05) is 19.5 Å². The Morgan fingerprint density at radius 1 is 1.29 bits per heavy atom. The molecule has 1 unspecified atom stereocenters. The summed E-state index contributed by atoms with van der Waals surface area (Å²) in [5, 5.41) is 0. The largest absolute Gasteiger partial charge is 0.408 e. The lowest BCUT2D eigenvalue weighted by atomic mass is 10.2. The summed E-state index contributed by atoms with van der Waals surface area (Å²) in [5.41, 5.74) is 0. The fourth-order valence-corrected chi connectivity index (χ4v) is 3.61. The normalized spacial score (nSPS) is 20.8. The summed E-state index contributed by atoms with van der Waals surface area (Å²) in [6.07, 6.45) is 1.10. The molecule has 0 fully saturated rings. The molecule has 1 heterocycles. The van der Waals surface area contributed by atoms with Crippen LogP contribution in [0, 0.1) is 0 Å². The van der Waals surface area contributed by atoms with E-state index < -0.39 is 13.7 Å². The lowest BCUT2D eigenvalue weighted by Crippen LogP contribution is -2.37. The average Bonchev–Trinajstić information content (AvgIpc) is 2.57. The second kappa shape index (κ2) is 7.38. The molecule has 0 spiro atoms. The van der Waals surface area contributed by atoms with Crippen LogP contribution in [-0.2, 0) is 13.9 Å². The fourth-order valence-electron chi connectivity index (χ4n) is 2.15. The molecule has 1 aliphatic heterocycles. The first-order valence-electron chi connectivity index (χ1n) is 7.26. The maximum atomic E-state index is 12.9. The topological polar surface area (TPSA) is 65.5 Å². The van der Waals surface area contributed by atoms with Crippen molar-refractivity contribution in [2.75, 3.05) is 41.3 Å². The number of hydrogen-bond donors (Lipinski definition) is 0. The van der Waals surface area contributed by atoms with E-state index in [0.717, 1.165) is 0 Å². The van der Waals surface area contributed by atoms with Gasteiger partial charge < -0.3 is 9.42 Å². The molecular formula is C13H27N4O3P. The summed E-state index contributed by atoms with van der Waals surface area (Å²) in [7, 11) is 3.70. The number of nitrogens with zero attached hydrogens (tertiary/aromatic N) is 4. The van der Waals surface area contributed by atoms with E-state index in [0.29, 0.717) is 31.8 Å². The maximum Gasteiger partial charge on any atom is 0.395 e. The van der Waals surface area contributed by atoms with E-state index in [4.69, 9.17) is 4.52 Å². The smallest absolute Gasteiger partial charge is 0.395 e. The van der Waals surface area contributed by atoms with Crippen LogP contribution in [0.15, 0.2) is 4.99 Å². The van der Waals surface area contributed by atoms with Crippen LogP contribution in [0.2, 0.25) is 0 Å². The Bertz CT molecular complexity index is 439. The Hall–Kier alpha value is -0.910. The molecule has 0 saturated heterocycles. The van der Waals surface area contributed by atoms with Crippen molar-refractivity contribution in [2.24, 2.45) is 4.99 Å². The SMILES string of the molecule is CCC1N=C(OP(=O)(N(C)C)N(C)C)CCN(CC)C1=O. The standard InChI is InChI=1S/C13H27N4O3P/c1-7-11-13(18)17(8-2)10-9-12(14-11)20-21(19,15(3)4)16(5)6/h11H,7-10H2,1-6H3. The highest BCUT2D eigenvalue weighted by Crippen LogP contribution is 2.51. The number of carbonyl (C=O) groups is 1. The zero-order valence-electron chi connectivity index (χ0n) is 13.9. The number of carbonyl (C=O) groups excluding carboxylic acids is 1. The van der Waals surface area contributed by atoms with E-state index in [1.807, 2.05) is 13.8 Å². The van der Waals surface area contributed by atoms with Gasteiger partial charge in [-0.3, -0.25) is 4.79 Å². The molecule has 0 bridgehead atoms. The number of aliphatic imine (C=N–C) groups is 1. The predicted octanol–water partition coefficient (Wildman–Crippen LogP) is 1.66. The molecule has 0 aromatic heterocycles. The summed E-state index contributed by atoms with van der Waals surface area (Å²) in [4.78, 5) is 18.4. The molecule has 7 nitrogen and oxygen atoms in total. The van der Waals surface area contributed by atoms with Gasteiger partial charge in [-0.2, -0.15) is 0 Å². The van der Waals surface area contributed by atoms with E-state index >= 15 is 0 Å². The molecule has 1 atom stereocenters. The van der Waals surface area contributed by atoms with Crippen LogP contribution in [-0.4, -0.2) is 73.4 Å². The van der Waals surface area contributed by atoms with Crippen molar-refractivity contribution in [3.8, 4) is 0 Å². The first kappa shape index (κ1) is 18.1. The molecule has 1 aliphatic rings.